The fourth-order valence-corrected chi connectivity index (χ4v) is 2.47. The fraction of sp³-hybridized carbons (Fsp3) is 0.714. The molecule has 5 heteroatoms. The van der Waals surface area contributed by atoms with Gasteiger partial charge in [-0.1, -0.05) is 6.92 Å². The molecule has 0 aliphatic carbocycles. The normalized spacial score (nSPS) is 17.2. The Morgan fingerprint density at radius 2 is 2.00 bits per heavy atom. The van der Waals surface area contributed by atoms with Crippen LogP contribution in [0.5, 0.6) is 0 Å². The molecule has 0 aromatic carbocycles. The van der Waals surface area contributed by atoms with Gasteiger partial charge in [0.25, 0.3) is 0 Å². The van der Waals surface area contributed by atoms with Crippen LogP contribution in [-0.2, 0) is 6.54 Å². The number of piperidine rings is 1. The summed E-state index contributed by atoms with van der Waals surface area (Å²) in [4.78, 5) is 13.7. The lowest BCUT2D eigenvalue weighted by molar-refractivity contribution is 0.249. The van der Waals surface area contributed by atoms with Crippen LogP contribution in [0, 0.1) is 0 Å². The van der Waals surface area contributed by atoms with E-state index in [1.54, 1.807) is 0 Å². The Morgan fingerprint density at radius 1 is 1.26 bits per heavy atom. The Balaban J connectivity index is 1.89. The fourth-order valence-electron chi connectivity index (χ4n) is 2.47. The summed E-state index contributed by atoms with van der Waals surface area (Å²) in [6.07, 6.45) is 6.19. The topological polar surface area (TPSA) is 44.3 Å². The summed E-state index contributed by atoms with van der Waals surface area (Å²) in [6.45, 7) is 6.00. The average Bonchev–Trinajstić information content (AvgIpc) is 2.46. The van der Waals surface area contributed by atoms with Crippen molar-refractivity contribution in [2.75, 3.05) is 38.6 Å². The average molecular weight is 263 g/mol. The van der Waals surface area contributed by atoms with Crippen LogP contribution in [0.25, 0.3) is 0 Å². The van der Waals surface area contributed by atoms with E-state index in [4.69, 9.17) is 0 Å². The predicted molar refractivity (Wildman–Crippen MR) is 78.3 cm³/mol. The van der Waals surface area contributed by atoms with Gasteiger partial charge in [0.2, 0.25) is 0 Å². The minimum Gasteiger partial charge on any atom is -0.355 e. The summed E-state index contributed by atoms with van der Waals surface area (Å²) in [5.74, 6) is 1.01. The molecule has 2 heterocycles. The summed E-state index contributed by atoms with van der Waals surface area (Å²) >= 11 is 0. The van der Waals surface area contributed by atoms with Gasteiger partial charge in [-0.3, -0.25) is 4.98 Å². The monoisotopic (exact) mass is 263 g/mol. The highest BCUT2D eigenvalue weighted by Gasteiger charge is 2.21. The first-order chi connectivity index (χ1) is 9.20. The molecule has 0 bridgehead atoms. The molecule has 1 aliphatic heterocycles. The van der Waals surface area contributed by atoms with E-state index in [1.165, 1.54) is 12.8 Å². The van der Waals surface area contributed by atoms with Crippen LogP contribution in [0.2, 0.25) is 0 Å². The quantitative estimate of drug-likeness (QED) is 0.862. The second kappa shape index (κ2) is 6.82. The Hall–Kier alpha value is -1.20. The maximum Gasteiger partial charge on any atom is 0.147 e. The van der Waals surface area contributed by atoms with Gasteiger partial charge in [-0.15, -0.1) is 0 Å². The van der Waals surface area contributed by atoms with Crippen LogP contribution >= 0.6 is 0 Å². The highest BCUT2D eigenvalue weighted by molar-refractivity contribution is 5.36. The molecule has 1 N–H and O–H groups in total. The number of rotatable bonds is 5. The second-order valence-electron chi connectivity index (χ2n) is 5.33. The molecule has 0 unspecified atom stereocenters. The Labute approximate surface area is 116 Å². The highest BCUT2D eigenvalue weighted by atomic mass is 15.2. The van der Waals surface area contributed by atoms with E-state index < -0.39 is 0 Å². The van der Waals surface area contributed by atoms with Gasteiger partial charge in [0, 0.05) is 25.7 Å². The molecular formula is C14H25N5. The van der Waals surface area contributed by atoms with Crippen LogP contribution in [0.1, 0.15) is 25.5 Å². The molecule has 0 amide bonds. The van der Waals surface area contributed by atoms with E-state index in [-0.39, 0.29) is 0 Å². The summed E-state index contributed by atoms with van der Waals surface area (Å²) in [7, 11) is 4.32. The van der Waals surface area contributed by atoms with Crippen molar-refractivity contribution < 1.29 is 0 Å². The van der Waals surface area contributed by atoms with Crippen LogP contribution in [-0.4, -0.2) is 54.6 Å². The summed E-state index contributed by atoms with van der Waals surface area (Å²) < 4.78 is 0. The molecular weight excluding hydrogens is 238 g/mol. The number of nitrogens with one attached hydrogen (secondary N) is 1. The van der Waals surface area contributed by atoms with Gasteiger partial charge in [0.05, 0.1) is 18.1 Å². The Bertz CT molecular complexity index is 368. The predicted octanol–water partition coefficient (Wildman–Crippen LogP) is 1.12. The third-order valence-electron chi connectivity index (χ3n) is 3.77. The van der Waals surface area contributed by atoms with Gasteiger partial charge in [0.15, 0.2) is 0 Å². The van der Waals surface area contributed by atoms with E-state index >= 15 is 0 Å². The van der Waals surface area contributed by atoms with Crippen LogP contribution < -0.4 is 10.2 Å². The number of hydrogen-bond donors (Lipinski definition) is 1. The number of nitrogens with zero attached hydrogens (tertiary/aromatic N) is 4. The van der Waals surface area contributed by atoms with Crippen molar-refractivity contribution in [3.8, 4) is 0 Å². The van der Waals surface area contributed by atoms with E-state index in [1.807, 2.05) is 12.4 Å². The summed E-state index contributed by atoms with van der Waals surface area (Å²) in [5, 5.41) is 3.26. The molecule has 19 heavy (non-hydrogen) atoms. The van der Waals surface area contributed by atoms with Crippen LogP contribution in [0.4, 0.5) is 5.82 Å². The lowest BCUT2D eigenvalue weighted by atomic mass is 10.0. The minimum atomic E-state index is 0.706. The van der Waals surface area contributed by atoms with Crippen LogP contribution in [0.15, 0.2) is 12.4 Å². The van der Waals surface area contributed by atoms with E-state index in [0.717, 1.165) is 37.7 Å². The van der Waals surface area contributed by atoms with Gasteiger partial charge in [-0.2, -0.15) is 0 Å². The molecule has 0 spiro atoms. The third kappa shape index (κ3) is 3.88. The molecule has 1 aromatic heterocycles. The van der Waals surface area contributed by atoms with Gasteiger partial charge in [-0.25, -0.2) is 4.98 Å². The minimum absolute atomic E-state index is 0.706. The third-order valence-corrected chi connectivity index (χ3v) is 3.77. The standard InChI is InChI=1S/C14H25N5/c1-4-15-9-12-10-17-14(11-16-12)19-7-5-13(6-8-19)18(2)3/h10-11,13,15H,4-9H2,1-3H3. The highest BCUT2D eigenvalue weighted by Crippen LogP contribution is 2.19. The molecule has 106 valence electrons. The molecule has 0 atom stereocenters. The van der Waals surface area contributed by atoms with Crippen molar-refractivity contribution in [2.24, 2.45) is 0 Å². The largest absolute Gasteiger partial charge is 0.355 e. The lowest BCUT2D eigenvalue weighted by Gasteiger charge is -2.35. The molecule has 2 rings (SSSR count). The first-order valence-electron chi connectivity index (χ1n) is 7.13. The number of aromatic nitrogens is 2. The Morgan fingerprint density at radius 3 is 2.53 bits per heavy atom. The summed E-state index contributed by atoms with van der Waals surface area (Å²) in [6, 6.07) is 0.706. The number of anilines is 1. The molecule has 1 aliphatic rings. The first kappa shape index (κ1) is 14.2. The lowest BCUT2D eigenvalue weighted by Crippen LogP contribution is -2.42. The Kier molecular flexibility index (Phi) is 5.10. The van der Waals surface area contributed by atoms with Crippen molar-refractivity contribution in [3.63, 3.8) is 0 Å². The van der Waals surface area contributed by atoms with E-state index in [2.05, 4.69) is 46.1 Å². The van der Waals surface area contributed by atoms with E-state index in [0.29, 0.717) is 6.04 Å². The SMILES string of the molecule is CCNCc1cnc(N2CCC(N(C)C)CC2)cn1. The number of hydrogen-bond acceptors (Lipinski definition) is 5. The zero-order chi connectivity index (χ0) is 13.7. The smallest absolute Gasteiger partial charge is 0.147 e. The molecule has 0 radical (unpaired) electrons. The summed E-state index contributed by atoms with van der Waals surface area (Å²) in [5.41, 5.74) is 1.01. The molecule has 1 saturated heterocycles. The van der Waals surface area contributed by atoms with Gasteiger partial charge in [0.1, 0.15) is 5.82 Å². The first-order valence-corrected chi connectivity index (χ1v) is 7.13. The van der Waals surface area contributed by atoms with Gasteiger partial charge < -0.3 is 15.1 Å². The van der Waals surface area contributed by atoms with Gasteiger partial charge >= 0.3 is 0 Å². The van der Waals surface area contributed by atoms with Crippen molar-refractivity contribution in [1.29, 1.82) is 0 Å². The van der Waals surface area contributed by atoms with Crippen LogP contribution in [0.3, 0.4) is 0 Å². The maximum atomic E-state index is 4.53. The molecule has 1 fully saturated rings. The molecule has 5 nitrogen and oxygen atoms in total. The van der Waals surface area contributed by atoms with Gasteiger partial charge in [-0.05, 0) is 33.5 Å². The maximum absolute atomic E-state index is 4.53. The van der Waals surface area contributed by atoms with Crippen molar-refractivity contribution in [3.05, 3.63) is 18.1 Å². The van der Waals surface area contributed by atoms with Crippen molar-refractivity contribution in [2.45, 2.75) is 32.4 Å². The molecule has 1 aromatic rings. The molecule has 0 saturated carbocycles. The van der Waals surface area contributed by atoms with E-state index in [9.17, 15) is 0 Å². The second-order valence-corrected chi connectivity index (χ2v) is 5.33. The zero-order valence-electron chi connectivity index (χ0n) is 12.3. The zero-order valence-corrected chi connectivity index (χ0v) is 12.3. The van der Waals surface area contributed by atoms with Crippen molar-refractivity contribution in [1.82, 2.24) is 20.2 Å². The van der Waals surface area contributed by atoms with Crippen molar-refractivity contribution >= 4 is 5.82 Å².